The Morgan fingerprint density at radius 1 is 1.54 bits per heavy atom. The monoisotopic (exact) mass is 183 g/mol. The van der Waals surface area contributed by atoms with Crippen molar-refractivity contribution >= 4 is 5.91 Å². The fourth-order valence-electron chi connectivity index (χ4n) is 1.46. The molecule has 3 nitrogen and oxygen atoms in total. The molecule has 0 aromatic heterocycles. The molecule has 1 atom stereocenters. The summed E-state index contributed by atoms with van der Waals surface area (Å²) in [6.07, 6.45) is 5.09. The molecule has 0 aliphatic carbocycles. The first-order chi connectivity index (χ1) is 6.27. The molecule has 0 spiro atoms. The van der Waals surface area contributed by atoms with E-state index in [0.29, 0.717) is 6.42 Å². The van der Waals surface area contributed by atoms with Crippen LogP contribution in [0.25, 0.3) is 0 Å². The Bertz CT molecular complexity index is 189. The van der Waals surface area contributed by atoms with Crippen molar-refractivity contribution in [3.8, 4) is 0 Å². The highest BCUT2D eigenvalue weighted by Gasteiger charge is 2.18. The third-order valence-electron chi connectivity index (χ3n) is 2.28. The third kappa shape index (κ3) is 2.76. The zero-order valence-corrected chi connectivity index (χ0v) is 8.32. The Balaban J connectivity index is 2.30. The Hall–Kier alpha value is -0.990. The first-order valence-corrected chi connectivity index (χ1v) is 4.86. The largest absolute Gasteiger partial charge is 0.498 e. The number of amides is 1. The van der Waals surface area contributed by atoms with Gasteiger partial charge >= 0.3 is 0 Å². The van der Waals surface area contributed by atoms with Gasteiger partial charge in [0.1, 0.15) is 6.10 Å². The van der Waals surface area contributed by atoms with Gasteiger partial charge in [0.15, 0.2) is 0 Å². The SMILES string of the molecule is CCN(CC)C(=O)CC1CC=CO1. The molecule has 1 rings (SSSR count). The number of carbonyl (C=O) groups is 1. The van der Waals surface area contributed by atoms with Gasteiger partial charge in [-0.3, -0.25) is 4.79 Å². The lowest BCUT2D eigenvalue weighted by atomic mass is 10.2. The maximum atomic E-state index is 11.6. The summed E-state index contributed by atoms with van der Waals surface area (Å²) in [5.41, 5.74) is 0. The fourth-order valence-corrected chi connectivity index (χ4v) is 1.46. The second-order valence-corrected chi connectivity index (χ2v) is 3.14. The van der Waals surface area contributed by atoms with Crippen LogP contribution in [0, 0.1) is 0 Å². The number of nitrogens with zero attached hydrogens (tertiary/aromatic N) is 1. The topological polar surface area (TPSA) is 29.5 Å². The van der Waals surface area contributed by atoms with E-state index in [1.807, 2.05) is 24.8 Å². The average Bonchev–Trinajstić information content (AvgIpc) is 2.59. The van der Waals surface area contributed by atoms with Gasteiger partial charge < -0.3 is 9.64 Å². The van der Waals surface area contributed by atoms with E-state index in [2.05, 4.69) is 0 Å². The Labute approximate surface area is 79.4 Å². The molecule has 0 saturated carbocycles. The zero-order valence-electron chi connectivity index (χ0n) is 8.32. The van der Waals surface area contributed by atoms with Crippen LogP contribution in [0.15, 0.2) is 12.3 Å². The molecule has 0 radical (unpaired) electrons. The quantitative estimate of drug-likeness (QED) is 0.661. The second kappa shape index (κ2) is 4.90. The van der Waals surface area contributed by atoms with Gasteiger partial charge in [-0.1, -0.05) is 0 Å². The molecule has 74 valence electrons. The van der Waals surface area contributed by atoms with E-state index in [1.54, 1.807) is 6.26 Å². The lowest BCUT2D eigenvalue weighted by molar-refractivity contribution is -0.132. The molecule has 3 heteroatoms. The Kier molecular flexibility index (Phi) is 3.80. The highest BCUT2D eigenvalue weighted by molar-refractivity contribution is 5.76. The maximum absolute atomic E-state index is 11.6. The molecular weight excluding hydrogens is 166 g/mol. The lowest BCUT2D eigenvalue weighted by Gasteiger charge is -2.20. The zero-order chi connectivity index (χ0) is 9.68. The molecule has 0 saturated heterocycles. The van der Waals surface area contributed by atoms with E-state index in [0.717, 1.165) is 19.5 Å². The van der Waals surface area contributed by atoms with Crippen molar-refractivity contribution in [2.45, 2.75) is 32.8 Å². The van der Waals surface area contributed by atoms with Crippen LogP contribution in [0.2, 0.25) is 0 Å². The lowest BCUT2D eigenvalue weighted by Crippen LogP contribution is -2.32. The van der Waals surface area contributed by atoms with Gasteiger partial charge in [-0.15, -0.1) is 0 Å². The van der Waals surface area contributed by atoms with Crippen molar-refractivity contribution in [1.29, 1.82) is 0 Å². The summed E-state index contributed by atoms with van der Waals surface area (Å²) < 4.78 is 5.23. The van der Waals surface area contributed by atoms with Gasteiger partial charge in [0.2, 0.25) is 5.91 Å². The van der Waals surface area contributed by atoms with Gasteiger partial charge in [-0.05, 0) is 19.9 Å². The molecule has 0 bridgehead atoms. The van der Waals surface area contributed by atoms with Crippen molar-refractivity contribution in [3.05, 3.63) is 12.3 Å². The Morgan fingerprint density at radius 2 is 2.23 bits per heavy atom. The first-order valence-electron chi connectivity index (χ1n) is 4.86. The van der Waals surface area contributed by atoms with Crippen molar-refractivity contribution in [2.24, 2.45) is 0 Å². The maximum Gasteiger partial charge on any atom is 0.226 e. The average molecular weight is 183 g/mol. The number of hydrogen-bond acceptors (Lipinski definition) is 2. The molecule has 1 aliphatic heterocycles. The minimum atomic E-state index is 0.0769. The highest BCUT2D eigenvalue weighted by atomic mass is 16.5. The van der Waals surface area contributed by atoms with E-state index in [1.165, 1.54) is 0 Å². The van der Waals surface area contributed by atoms with Crippen LogP contribution in [-0.4, -0.2) is 30.0 Å². The molecule has 1 aliphatic rings. The van der Waals surface area contributed by atoms with Crippen LogP contribution in [0.1, 0.15) is 26.7 Å². The van der Waals surface area contributed by atoms with Crippen LogP contribution >= 0.6 is 0 Å². The van der Waals surface area contributed by atoms with Crippen molar-refractivity contribution in [3.63, 3.8) is 0 Å². The molecule has 13 heavy (non-hydrogen) atoms. The van der Waals surface area contributed by atoms with Crippen molar-refractivity contribution < 1.29 is 9.53 Å². The van der Waals surface area contributed by atoms with Gasteiger partial charge in [0.25, 0.3) is 0 Å². The third-order valence-corrected chi connectivity index (χ3v) is 2.28. The van der Waals surface area contributed by atoms with Crippen LogP contribution in [0.3, 0.4) is 0 Å². The predicted molar refractivity (Wildman–Crippen MR) is 51.2 cm³/mol. The van der Waals surface area contributed by atoms with Crippen LogP contribution in [0.5, 0.6) is 0 Å². The normalized spacial score (nSPS) is 20.0. The molecule has 1 unspecified atom stereocenters. The highest BCUT2D eigenvalue weighted by Crippen LogP contribution is 2.13. The van der Waals surface area contributed by atoms with Crippen LogP contribution in [-0.2, 0) is 9.53 Å². The van der Waals surface area contributed by atoms with E-state index in [-0.39, 0.29) is 12.0 Å². The minimum Gasteiger partial charge on any atom is -0.498 e. The summed E-state index contributed by atoms with van der Waals surface area (Å²) in [6, 6.07) is 0. The molecule has 0 N–H and O–H groups in total. The van der Waals surface area contributed by atoms with Crippen LogP contribution in [0.4, 0.5) is 0 Å². The summed E-state index contributed by atoms with van der Waals surface area (Å²) in [6.45, 7) is 5.56. The molecule has 0 aromatic carbocycles. The Morgan fingerprint density at radius 3 is 2.69 bits per heavy atom. The first kappa shape index (κ1) is 10.1. The summed E-state index contributed by atoms with van der Waals surface area (Å²) in [5.74, 6) is 0.193. The minimum absolute atomic E-state index is 0.0769. The van der Waals surface area contributed by atoms with Crippen molar-refractivity contribution in [1.82, 2.24) is 4.90 Å². The molecular formula is C10H17NO2. The molecule has 1 amide bonds. The van der Waals surface area contributed by atoms with Gasteiger partial charge in [-0.25, -0.2) is 0 Å². The number of hydrogen-bond donors (Lipinski definition) is 0. The standard InChI is InChI=1S/C10H17NO2/c1-3-11(4-2)10(12)8-9-6-5-7-13-9/h5,7,9H,3-4,6,8H2,1-2H3. The van der Waals surface area contributed by atoms with E-state index >= 15 is 0 Å². The summed E-state index contributed by atoms with van der Waals surface area (Å²) >= 11 is 0. The summed E-state index contributed by atoms with van der Waals surface area (Å²) in [4.78, 5) is 13.4. The van der Waals surface area contributed by atoms with Crippen LogP contribution < -0.4 is 0 Å². The number of ether oxygens (including phenoxy) is 1. The van der Waals surface area contributed by atoms with Crippen molar-refractivity contribution in [2.75, 3.05) is 13.1 Å². The predicted octanol–water partition coefficient (Wildman–Crippen LogP) is 1.55. The smallest absolute Gasteiger partial charge is 0.226 e. The van der Waals surface area contributed by atoms with Gasteiger partial charge in [0.05, 0.1) is 12.7 Å². The molecule has 1 heterocycles. The molecule has 0 aromatic rings. The van der Waals surface area contributed by atoms with E-state index in [4.69, 9.17) is 4.74 Å². The summed E-state index contributed by atoms with van der Waals surface area (Å²) in [5, 5.41) is 0. The second-order valence-electron chi connectivity index (χ2n) is 3.14. The van der Waals surface area contributed by atoms with Gasteiger partial charge in [0, 0.05) is 19.5 Å². The summed E-state index contributed by atoms with van der Waals surface area (Å²) in [7, 11) is 0. The fraction of sp³-hybridized carbons (Fsp3) is 0.700. The van der Waals surface area contributed by atoms with E-state index in [9.17, 15) is 4.79 Å². The molecule has 0 fully saturated rings. The van der Waals surface area contributed by atoms with E-state index < -0.39 is 0 Å². The van der Waals surface area contributed by atoms with Gasteiger partial charge in [-0.2, -0.15) is 0 Å². The number of carbonyl (C=O) groups excluding carboxylic acids is 1. The number of rotatable bonds is 4.